The Balaban J connectivity index is 1.65. The maximum Gasteiger partial charge on any atom is 0.242 e. The van der Waals surface area contributed by atoms with E-state index in [0.29, 0.717) is 12.1 Å². The van der Waals surface area contributed by atoms with E-state index >= 15 is 0 Å². The van der Waals surface area contributed by atoms with Crippen LogP contribution in [0.2, 0.25) is 0 Å². The van der Waals surface area contributed by atoms with E-state index in [9.17, 15) is 13.2 Å². The van der Waals surface area contributed by atoms with Crippen LogP contribution in [-0.2, 0) is 21.2 Å². The van der Waals surface area contributed by atoms with Crippen LogP contribution in [0.3, 0.4) is 0 Å². The standard InChI is InChI=1S/C18H19N3O3S2/c1-21(2)26(23,24)14-7-5-6-13(12-14)19-17(22)10-11-18-20-15-8-3-4-9-16(15)25-18/h3-9,12H,10-11H2,1-2H3,(H,19,22). The zero-order chi connectivity index (χ0) is 18.7. The fraction of sp³-hybridized carbons (Fsp3) is 0.222. The molecule has 0 saturated heterocycles. The number of aryl methyl sites for hydroxylation is 1. The zero-order valence-electron chi connectivity index (χ0n) is 14.5. The van der Waals surface area contributed by atoms with Gasteiger partial charge >= 0.3 is 0 Å². The maximum atomic E-state index is 12.2. The van der Waals surface area contributed by atoms with E-state index in [1.54, 1.807) is 23.5 Å². The van der Waals surface area contributed by atoms with Crippen LogP contribution >= 0.6 is 11.3 Å². The molecule has 8 heteroatoms. The van der Waals surface area contributed by atoms with Gasteiger partial charge in [-0.3, -0.25) is 4.79 Å². The molecule has 3 rings (SSSR count). The lowest BCUT2D eigenvalue weighted by Gasteiger charge is -2.12. The van der Waals surface area contributed by atoms with Crippen LogP contribution in [0.1, 0.15) is 11.4 Å². The van der Waals surface area contributed by atoms with Crippen molar-refractivity contribution in [3.05, 3.63) is 53.5 Å². The van der Waals surface area contributed by atoms with Crippen molar-refractivity contribution in [2.45, 2.75) is 17.7 Å². The number of rotatable bonds is 6. The molecule has 136 valence electrons. The summed E-state index contributed by atoms with van der Waals surface area (Å²) in [6.07, 6.45) is 0.825. The number of benzene rings is 2. The molecule has 0 aliphatic carbocycles. The van der Waals surface area contributed by atoms with E-state index in [1.807, 2.05) is 24.3 Å². The third-order valence-corrected chi connectivity index (χ3v) is 6.71. The highest BCUT2D eigenvalue weighted by molar-refractivity contribution is 7.89. The summed E-state index contributed by atoms with van der Waals surface area (Å²) in [5.74, 6) is -0.177. The molecule has 2 aromatic carbocycles. The minimum Gasteiger partial charge on any atom is -0.326 e. The van der Waals surface area contributed by atoms with Crippen LogP contribution in [-0.4, -0.2) is 37.7 Å². The highest BCUT2D eigenvalue weighted by Crippen LogP contribution is 2.23. The molecular formula is C18H19N3O3S2. The average Bonchev–Trinajstić information content (AvgIpc) is 3.03. The molecule has 1 heterocycles. The third kappa shape index (κ3) is 4.09. The molecule has 1 N–H and O–H groups in total. The van der Waals surface area contributed by atoms with Gasteiger partial charge in [-0.15, -0.1) is 11.3 Å². The van der Waals surface area contributed by atoms with Crippen molar-refractivity contribution in [2.75, 3.05) is 19.4 Å². The van der Waals surface area contributed by atoms with Crippen molar-refractivity contribution in [1.29, 1.82) is 0 Å². The van der Waals surface area contributed by atoms with Crippen molar-refractivity contribution >= 4 is 43.2 Å². The molecule has 0 bridgehead atoms. The third-order valence-electron chi connectivity index (χ3n) is 3.80. The first kappa shape index (κ1) is 18.5. The number of nitrogens with zero attached hydrogens (tertiary/aromatic N) is 2. The number of thiazole rings is 1. The van der Waals surface area contributed by atoms with Gasteiger partial charge in [-0.25, -0.2) is 17.7 Å². The predicted molar refractivity (Wildman–Crippen MR) is 104 cm³/mol. The first-order valence-corrected chi connectivity index (χ1v) is 10.3. The Kier molecular flexibility index (Phi) is 5.36. The Morgan fingerprint density at radius 3 is 2.65 bits per heavy atom. The fourth-order valence-corrected chi connectivity index (χ4v) is 4.33. The van der Waals surface area contributed by atoms with Crippen molar-refractivity contribution < 1.29 is 13.2 Å². The smallest absolute Gasteiger partial charge is 0.242 e. The Morgan fingerprint density at radius 2 is 1.92 bits per heavy atom. The minimum atomic E-state index is -3.53. The van der Waals surface area contributed by atoms with Gasteiger partial charge in [0.1, 0.15) is 0 Å². The normalized spacial score (nSPS) is 11.8. The molecule has 26 heavy (non-hydrogen) atoms. The van der Waals surface area contributed by atoms with Gasteiger partial charge < -0.3 is 5.32 Å². The molecule has 0 atom stereocenters. The van der Waals surface area contributed by atoms with E-state index in [1.165, 1.54) is 26.2 Å². The number of hydrogen-bond donors (Lipinski definition) is 1. The van der Waals surface area contributed by atoms with Gasteiger partial charge in [0.2, 0.25) is 15.9 Å². The van der Waals surface area contributed by atoms with Gasteiger partial charge in [0.15, 0.2) is 0 Å². The Hall–Kier alpha value is -2.29. The van der Waals surface area contributed by atoms with Crippen LogP contribution < -0.4 is 5.32 Å². The number of para-hydroxylation sites is 1. The fourth-order valence-electron chi connectivity index (χ4n) is 2.42. The first-order valence-electron chi connectivity index (χ1n) is 8.03. The Morgan fingerprint density at radius 1 is 1.15 bits per heavy atom. The van der Waals surface area contributed by atoms with Gasteiger partial charge in [0.05, 0.1) is 20.1 Å². The SMILES string of the molecule is CN(C)S(=O)(=O)c1cccc(NC(=O)CCc2nc3ccccc3s2)c1. The highest BCUT2D eigenvalue weighted by Gasteiger charge is 2.17. The number of nitrogens with one attached hydrogen (secondary N) is 1. The lowest BCUT2D eigenvalue weighted by Crippen LogP contribution is -2.22. The summed E-state index contributed by atoms with van der Waals surface area (Å²) in [6, 6.07) is 14.1. The lowest BCUT2D eigenvalue weighted by molar-refractivity contribution is -0.116. The number of hydrogen-bond acceptors (Lipinski definition) is 5. The second-order valence-electron chi connectivity index (χ2n) is 5.94. The zero-order valence-corrected chi connectivity index (χ0v) is 16.1. The quantitative estimate of drug-likeness (QED) is 0.702. The molecular weight excluding hydrogens is 370 g/mol. The van der Waals surface area contributed by atoms with Gasteiger partial charge in [-0.1, -0.05) is 18.2 Å². The van der Waals surface area contributed by atoms with Crippen molar-refractivity contribution in [2.24, 2.45) is 0 Å². The number of fused-ring (bicyclic) bond motifs is 1. The molecule has 0 radical (unpaired) electrons. The highest BCUT2D eigenvalue weighted by atomic mass is 32.2. The van der Waals surface area contributed by atoms with Crippen molar-refractivity contribution in [1.82, 2.24) is 9.29 Å². The monoisotopic (exact) mass is 389 g/mol. The number of aromatic nitrogens is 1. The van der Waals surface area contributed by atoms with Gasteiger partial charge in [0.25, 0.3) is 0 Å². The summed E-state index contributed by atoms with van der Waals surface area (Å²) in [6.45, 7) is 0. The molecule has 0 saturated carbocycles. The first-order chi connectivity index (χ1) is 12.4. The van der Waals surface area contributed by atoms with Crippen LogP contribution in [0.25, 0.3) is 10.2 Å². The Labute approximate surface area is 156 Å². The van der Waals surface area contributed by atoms with Crippen molar-refractivity contribution in [3.8, 4) is 0 Å². The van der Waals surface area contributed by atoms with E-state index in [-0.39, 0.29) is 17.2 Å². The predicted octanol–water partition coefficient (Wildman–Crippen LogP) is 3.12. The summed E-state index contributed by atoms with van der Waals surface area (Å²) >= 11 is 1.58. The lowest BCUT2D eigenvalue weighted by atomic mass is 10.2. The van der Waals surface area contributed by atoms with E-state index < -0.39 is 10.0 Å². The summed E-state index contributed by atoms with van der Waals surface area (Å²) in [4.78, 5) is 16.9. The van der Waals surface area contributed by atoms with E-state index in [2.05, 4.69) is 10.3 Å². The van der Waals surface area contributed by atoms with Crippen LogP contribution in [0.15, 0.2) is 53.4 Å². The molecule has 0 aliphatic heterocycles. The second-order valence-corrected chi connectivity index (χ2v) is 9.21. The number of anilines is 1. The number of sulfonamides is 1. The number of carbonyl (C=O) groups excluding carboxylic acids is 1. The molecule has 0 spiro atoms. The van der Waals surface area contributed by atoms with E-state index in [4.69, 9.17) is 0 Å². The average molecular weight is 390 g/mol. The molecule has 0 aliphatic rings. The molecule has 0 fully saturated rings. The topological polar surface area (TPSA) is 79.4 Å². The Bertz CT molecular complexity index is 1010. The second kappa shape index (κ2) is 7.53. The number of amides is 1. The molecule has 6 nitrogen and oxygen atoms in total. The minimum absolute atomic E-state index is 0.145. The largest absolute Gasteiger partial charge is 0.326 e. The summed E-state index contributed by atoms with van der Waals surface area (Å²) in [5.41, 5.74) is 1.40. The van der Waals surface area contributed by atoms with Gasteiger partial charge in [-0.05, 0) is 30.3 Å². The molecule has 1 aromatic heterocycles. The van der Waals surface area contributed by atoms with Gasteiger partial charge in [-0.2, -0.15) is 0 Å². The van der Waals surface area contributed by atoms with Gasteiger partial charge in [0, 0.05) is 32.6 Å². The van der Waals surface area contributed by atoms with Crippen LogP contribution in [0, 0.1) is 0 Å². The van der Waals surface area contributed by atoms with Crippen molar-refractivity contribution in [3.63, 3.8) is 0 Å². The summed E-state index contributed by atoms with van der Waals surface area (Å²) < 4.78 is 26.6. The molecule has 1 amide bonds. The number of carbonyl (C=O) groups is 1. The maximum absolute atomic E-state index is 12.2. The van der Waals surface area contributed by atoms with Crippen LogP contribution in [0.4, 0.5) is 5.69 Å². The van der Waals surface area contributed by atoms with Crippen LogP contribution in [0.5, 0.6) is 0 Å². The molecule has 0 unspecified atom stereocenters. The summed E-state index contributed by atoms with van der Waals surface area (Å²) in [5, 5.41) is 3.66. The molecule has 3 aromatic rings. The summed E-state index contributed by atoms with van der Waals surface area (Å²) in [7, 11) is -0.590. The van der Waals surface area contributed by atoms with E-state index in [0.717, 1.165) is 19.5 Å².